The first kappa shape index (κ1) is 26.8. The van der Waals surface area contributed by atoms with Crippen molar-refractivity contribution in [2.45, 2.75) is 36.6 Å². The Kier molecular flexibility index (Phi) is 7.57. The SMILES string of the molecule is Cn1c(SCC(=O)N2N=C3/C(=C/c4ccc(Cl)cc4)CCCC3C2c2ccc(Cl)cc2)nnc1C(F)(F)F. The van der Waals surface area contributed by atoms with Crippen LogP contribution >= 0.6 is 35.0 Å². The summed E-state index contributed by atoms with van der Waals surface area (Å²) < 4.78 is 40.2. The normalized spacial score (nSPS) is 20.5. The fraction of sp³-hybridized carbons (Fsp3) is 0.308. The van der Waals surface area contributed by atoms with Crippen LogP contribution in [0.5, 0.6) is 0 Å². The van der Waals surface area contributed by atoms with Crippen molar-refractivity contribution < 1.29 is 18.0 Å². The number of aromatic nitrogens is 3. The fourth-order valence-electron chi connectivity index (χ4n) is 4.84. The van der Waals surface area contributed by atoms with Crippen molar-refractivity contribution in [2.75, 3.05) is 5.75 Å². The first-order valence-electron chi connectivity index (χ1n) is 11.8. The Bertz CT molecular complexity index is 1400. The minimum atomic E-state index is -4.63. The molecule has 0 N–H and O–H groups in total. The van der Waals surface area contributed by atoms with Crippen LogP contribution in [0.3, 0.4) is 0 Å². The summed E-state index contributed by atoms with van der Waals surface area (Å²) in [6.45, 7) is 0. The molecule has 2 aliphatic rings. The first-order chi connectivity index (χ1) is 18.1. The summed E-state index contributed by atoms with van der Waals surface area (Å²) in [5.74, 6) is -1.62. The zero-order valence-corrected chi connectivity index (χ0v) is 22.5. The minimum Gasteiger partial charge on any atom is -0.302 e. The van der Waals surface area contributed by atoms with Crippen LogP contribution < -0.4 is 0 Å². The van der Waals surface area contributed by atoms with Gasteiger partial charge in [0.15, 0.2) is 5.16 Å². The fourth-order valence-corrected chi connectivity index (χ4v) is 5.86. The average Bonchev–Trinajstić information content (AvgIpc) is 3.46. The van der Waals surface area contributed by atoms with Gasteiger partial charge in [-0.05, 0) is 66.3 Å². The van der Waals surface area contributed by atoms with E-state index in [1.807, 2.05) is 36.4 Å². The highest BCUT2D eigenvalue weighted by molar-refractivity contribution is 7.99. The number of amides is 1. The number of alkyl halides is 3. The molecule has 6 nitrogen and oxygen atoms in total. The van der Waals surface area contributed by atoms with E-state index in [-0.39, 0.29) is 28.8 Å². The van der Waals surface area contributed by atoms with Crippen molar-refractivity contribution in [3.05, 3.63) is 81.1 Å². The Labute approximate surface area is 231 Å². The van der Waals surface area contributed by atoms with E-state index in [9.17, 15) is 18.0 Å². The van der Waals surface area contributed by atoms with E-state index in [0.29, 0.717) is 10.0 Å². The molecule has 3 aromatic rings. The largest absolute Gasteiger partial charge is 0.451 e. The zero-order valence-electron chi connectivity index (χ0n) is 20.1. The van der Waals surface area contributed by atoms with Crippen molar-refractivity contribution in [2.24, 2.45) is 18.1 Å². The molecule has 38 heavy (non-hydrogen) atoms. The second kappa shape index (κ2) is 10.7. The van der Waals surface area contributed by atoms with Gasteiger partial charge in [-0.3, -0.25) is 4.79 Å². The van der Waals surface area contributed by atoms with Gasteiger partial charge < -0.3 is 4.57 Å². The number of carbonyl (C=O) groups excluding carboxylic acids is 1. The average molecular weight is 580 g/mol. The van der Waals surface area contributed by atoms with Crippen LogP contribution in [0.15, 0.2) is 64.4 Å². The maximum atomic E-state index is 13.5. The molecule has 2 aromatic carbocycles. The lowest BCUT2D eigenvalue weighted by Gasteiger charge is -2.29. The quantitative estimate of drug-likeness (QED) is 0.304. The Morgan fingerprint density at radius 3 is 2.37 bits per heavy atom. The third-order valence-corrected chi connectivity index (χ3v) is 8.10. The van der Waals surface area contributed by atoms with Gasteiger partial charge in [0, 0.05) is 23.0 Å². The number of hydrogen-bond donors (Lipinski definition) is 0. The third-order valence-electron chi connectivity index (χ3n) is 6.59. The molecule has 1 fully saturated rings. The maximum absolute atomic E-state index is 13.5. The van der Waals surface area contributed by atoms with Crippen LogP contribution in [0, 0.1) is 5.92 Å². The molecule has 0 bridgehead atoms. The molecule has 1 aliphatic heterocycles. The number of allylic oxidation sites excluding steroid dienone is 1. The summed E-state index contributed by atoms with van der Waals surface area (Å²) in [5, 5.41) is 14.4. The monoisotopic (exact) mass is 579 g/mol. The minimum absolute atomic E-state index is 0.00121. The van der Waals surface area contributed by atoms with Gasteiger partial charge in [0.1, 0.15) is 0 Å². The lowest BCUT2D eigenvalue weighted by molar-refractivity contribution is -0.147. The smallest absolute Gasteiger partial charge is 0.302 e. The number of halogens is 5. The highest BCUT2D eigenvalue weighted by atomic mass is 35.5. The van der Waals surface area contributed by atoms with Crippen LogP contribution in [0.25, 0.3) is 6.08 Å². The number of thioether (sulfide) groups is 1. The molecule has 0 spiro atoms. The standard InChI is InChI=1S/C26H22Cl2F3N5OS/c1-35-24(26(29,30)31)32-33-25(35)38-14-21(37)36-23(16-7-11-19(28)12-8-16)20-4-2-3-17(22(20)34-36)13-15-5-9-18(27)10-6-15/h5-13,20,23H,2-4,14H2,1H3/b17-13+. The molecule has 2 unspecified atom stereocenters. The lowest BCUT2D eigenvalue weighted by Crippen LogP contribution is -2.32. The summed E-state index contributed by atoms with van der Waals surface area (Å²) in [7, 11) is 1.23. The van der Waals surface area contributed by atoms with Crippen LogP contribution in [-0.2, 0) is 18.0 Å². The lowest BCUT2D eigenvalue weighted by atomic mass is 9.77. The van der Waals surface area contributed by atoms with E-state index in [2.05, 4.69) is 16.3 Å². The molecule has 2 atom stereocenters. The summed E-state index contributed by atoms with van der Waals surface area (Å²) in [5.41, 5.74) is 3.78. The number of hydrogen-bond acceptors (Lipinski definition) is 5. The first-order valence-corrected chi connectivity index (χ1v) is 13.6. The van der Waals surface area contributed by atoms with E-state index in [1.54, 1.807) is 12.1 Å². The zero-order chi connectivity index (χ0) is 27.0. The van der Waals surface area contributed by atoms with Gasteiger partial charge in [-0.2, -0.15) is 18.3 Å². The van der Waals surface area contributed by atoms with Crippen LogP contribution in [0.2, 0.25) is 10.0 Å². The van der Waals surface area contributed by atoms with Crippen molar-refractivity contribution in [3.63, 3.8) is 0 Å². The number of benzene rings is 2. The van der Waals surface area contributed by atoms with Crippen molar-refractivity contribution in [1.29, 1.82) is 0 Å². The summed E-state index contributed by atoms with van der Waals surface area (Å²) in [6.07, 6.45) is 0.0402. The predicted octanol–water partition coefficient (Wildman–Crippen LogP) is 7.06. The van der Waals surface area contributed by atoms with Gasteiger partial charge in [-0.15, -0.1) is 10.2 Å². The van der Waals surface area contributed by atoms with Crippen molar-refractivity contribution in [3.8, 4) is 0 Å². The molecular weight excluding hydrogens is 558 g/mol. The molecule has 2 heterocycles. The van der Waals surface area contributed by atoms with E-state index < -0.39 is 12.0 Å². The van der Waals surface area contributed by atoms with Gasteiger partial charge in [0.05, 0.1) is 17.5 Å². The number of hydrazone groups is 1. The molecule has 12 heteroatoms. The summed E-state index contributed by atoms with van der Waals surface area (Å²) >= 11 is 13.1. The number of rotatable bonds is 5. The Hall–Kier alpha value is -2.82. The molecular formula is C26H22Cl2F3N5OS. The molecule has 1 aromatic heterocycles. The number of fused-ring (bicyclic) bond motifs is 1. The number of nitrogens with zero attached hydrogens (tertiary/aromatic N) is 5. The van der Waals surface area contributed by atoms with E-state index >= 15 is 0 Å². The molecule has 0 radical (unpaired) electrons. The maximum Gasteiger partial charge on any atom is 0.451 e. The van der Waals surface area contributed by atoms with Gasteiger partial charge in [0.2, 0.25) is 5.82 Å². The van der Waals surface area contributed by atoms with Gasteiger partial charge in [-0.25, -0.2) is 5.01 Å². The van der Waals surface area contributed by atoms with Crippen molar-refractivity contribution >= 4 is 52.7 Å². The van der Waals surface area contributed by atoms with E-state index in [1.165, 1.54) is 12.1 Å². The number of carbonyl (C=O) groups is 1. The second-order valence-corrected chi connectivity index (χ2v) is 10.9. The van der Waals surface area contributed by atoms with E-state index in [4.69, 9.17) is 28.3 Å². The molecule has 1 saturated carbocycles. The molecule has 1 aliphatic carbocycles. The second-order valence-electron chi connectivity index (χ2n) is 9.09. The molecule has 5 rings (SSSR count). The van der Waals surface area contributed by atoms with Gasteiger partial charge in [0.25, 0.3) is 5.91 Å². The van der Waals surface area contributed by atoms with Crippen molar-refractivity contribution in [1.82, 2.24) is 19.8 Å². The van der Waals surface area contributed by atoms with Crippen LogP contribution in [-0.4, -0.2) is 37.1 Å². The third kappa shape index (κ3) is 5.48. The van der Waals surface area contributed by atoms with Crippen LogP contribution in [0.4, 0.5) is 13.2 Å². The Morgan fingerprint density at radius 2 is 1.74 bits per heavy atom. The summed E-state index contributed by atoms with van der Waals surface area (Å²) in [6, 6.07) is 14.5. The topological polar surface area (TPSA) is 63.4 Å². The van der Waals surface area contributed by atoms with Gasteiger partial charge in [-0.1, -0.05) is 59.2 Å². The Balaban J connectivity index is 1.45. The molecule has 1 amide bonds. The highest BCUT2D eigenvalue weighted by Crippen LogP contribution is 2.45. The highest BCUT2D eigenvalue weighted by Gasteiger charge is 2.44. The molecule has 198 valence electrons. The molecule has 0 saturated heterocycles. The summed E-state index contributed by atoms with van der Waals surface area (Å²) in [4.78, 5) is 13.5. The van der Waals surface area contributed by atoms with E-state index in [0.717, 1.165) is 58.0 Å². The Morgan fingerprint density at radius 1 is 1.08 bits per heavy atom. The van der Waals surface area contributed by atoms with Gasteiger partial charge >= 0.3 is 6.18 Å². The van der Waals surface area contributed by atoms with Crippen LogP contribution in [0.1, 0.15) is 42.3 Å². The predicted molar refractivity (Wildman–Crippen MR) is 142 cm³/mol.